The van der Waals surface area contributed by atoms with Crippen LogP contribution in [0.25, 0.3) is 0 Å². The van der Waals surface area contributed by atoms with Crippen LogP contribution in [0.1, 0.15) is 6.92 Å². The molecule has 1 aromatic rings. The Morgan fingerprint density at radius 1 is 1.22 bits per heavy atom. The van der Waals surface area contributed by atoms with Crippen molar-refractivity contribution in [2.75, 3.05) is 25.1 Å². The van der Waals surface area contributed by atoms with Gasteiger partial charge in [-0.2, -0.15) is 0 Å². The van der Waals surface area contributed by atoms with E-state index in [0.29, 0.717) is 18.0 Å². The maximum Gasteiger partial charge on any atom is 0.341 e. The average molecular weight is 253 g/mol. The van der Waals surface area contributed by atoms with Crippen LogP contribution in [0.4, 0.5) is 5.69 Å². The van der Waals surface area contributed by atoms with Crippen molar-refractivity contribution < 1.29 is 24.2 Å². The Bertz CT molecular complexity index is 401. The summed E-state index contributed by atoms with van der Waals surface area (Å²) in [5.74, 6) is -0.847. The topological polar surface area (TPSA) is 84.9 Å². The molecule has 0 heterocycles. The number of hydrogen-bond donors (Lipinski definition) is 2. The van der Waals surface area contributed by atoms with Crippen LogP contribution in [0.2, 0.25) is 0 Å². The lowest BCUT2D eigenvalue weighted by atomic mass is 10.3. The molecule has 0 aliphatic heterocycles. The van der Waals surface area contributed by atoms with E-state index in [0.717, 1.165) is 0 Å². The van der Waals surface area contributed by atoms with Gasteiger partial charge in [0.05, 0.1) is 0 Å². The fraction of sp³-hybridized carbons (Fsp3) is 0.333. The molecule has 0 spiro atoms. The fourth-order valence-corrected chi connectivity index (χ4v) is 1.17. The zero-order valence-corrected chi connectivity index (χ0v) is 10.0. The van der Waals surface area contributed by atoms with Crippen LogP contribution in [0, 0.1) is 0 Å². The molecule has 0 atom stereocenters. The largest absolute Gasteiger partial charge is 0.482 e. The van der Waals surface area contributed by atoms with Gasteiger partial charge in [0.15, 0.2) is 6.61 Å². The Morgan fingerprint density at radius 3 is 2.44 bits per heavy atom. The van der Waals surface area contributed by atoms with Crippen molar-refractivity contribution in [2.45, 2.75) is 6.92 Å². The Hall–Kier alpha value is -2.08. The van der Waals surface area contributed by atoms with Crippen molar-refractivity contribution in [2.24, 2.45) is 0 Å². The summed E-state index contributed by atoms with van der Waals surface area (Å²) in [6, 6.07) is 6.42. The molecule has 0 radical (unpaired) electrons. The SMILES string of the molecule is CCOCC(=O)Nc1ccc(OCC(=O)O)cc1. The first-order chi connectivity index (χ1) is 8.61. The summed E-state index contributed by atoms with van der Waals surface area (Å²) >= 11 is 0. The van der Waals surface area contributed by atoms with E-state index in [1.54, 1.807) is 24.3 Å². The third kappa shape index (κ3) is 5.31. The Morgan fingerprint density at radius 2 is 1.89 bits per heavy atom. The summed E-state index contributed by atoms with van der Waals surface area (Å²) in [5.41, 5.74) is 0.599. The highest BCUT2D eigenvalue weighted by Gasteiger charge is 2.03. The monoisotopic (exact) mass is 253 g/mol. The van der Waals surface area contributed by atoms with Gasteiger partial charge < -0.3 is 19.9 Å². The number of anilines is 1. The molecule has 0 bridgehead atoms. The smallest absolute Gasteiger partial charge is 0.341 e. The lowest BCUT2D eigenvalue weighted by Crippen LogP contribution is -2.18. The number of benzene rings is 1. The number of carboxylic acid groups (broad SMARTS) is 1. The van der Waals surface area contributed by atoms with Gasteiger partial charge in [-0.15, -0.1) is 0 Å². The molecule has 18 heavy (non-hydrogen) atoms. The second-order valence-electron chi connectivity index (χ2n) is 3.39. The van der Waals surface area contributed by atoms with E-state index >= 15 is 0 Å². The first-order valence-electron chi connectivity index (χ1n) is 5.44. The predicted octanol–water partition coefficient (Wildman–Crippen LogP) is 1.12. The normalized spacial score (nSPS) is 9.83. The van der Waals surface area contributed by atoms with Gasteiger partial charge in [0.1, 0.15) is 12.4 Å². The summed E-state index contributed by atoms with van der Waals surface area (Å²) < 4.78 is 9.91. The van der Waals surface area contributed by atoms with Crippen LogP contribution in [0.15, 0.2) is 24.3 Å². The Labute approximate surface area is 105 Å². The van der Waals surface area contributed by atoms with Crippen molar-refractivity contribution in [3.8, 4) is 5.75 Å². The molecule has 6 heteroatoms. The van der Waals surface area contributed by atoms with E-state index in [-0.39, 0.29) is 12.5 Å². The molecular weight excluding hydrogens is 238 g/mol. The van der Waals surface area contributed by atoms with E-state index in [2.05, 4.69) is 5.32 Å². The van der Waals surface area contributed by atoms with Crippen LogP contribution in [0.5, 0.6) is 5.75 Å². The summed E-state index contributed by atoms with van der Waals surface area (Å²) in [6.45, 7) is 1.90. The van der Waals surface area contributed by atoms with E-state index < -0.39 is 12.6 Å². The molecule has 1 amide bonds. The maximum absolute atomic E-state index is 11.3. The van der Waals surface area contributed by atoms with Crippen molar-refractivity contribution >= 4 is 17.6 Å². The van der Waals surface area contributed by atoms with Crippen molar-refractivity contribution in [3.05, 3.63) is 24.3 Å². The van der Waals surface area contributed by atoms with Gasteiger partial charge in [-0.3, -0.25) is 4.79 Å². The minimum absolute atomic E-state index is 0.00770. The molecule has 1 aromatic carbocycles. The van der Waals surface area contributed by atoms with Crippen LogP contribution in [-0.4, -0.2) is 36.8 Å². The number of carboxylic acids is 1. The van der Waals surface area contributed by atoms with E-state index in [9.17, 15) is 9.59 Å². The second kappa shape index (κ2) is 7.29. The lowest BCUT2D eigenvalue weighted by Gasteiger charge is -2.07. The number of rotatable bonds is 7. The molecule has 0 fully saturated rings. The lowest BCUT2D eigenvalue weighted by molar-refractivity contribution is -0.139. The molecule has 0 aliphatic rings. The zero-order valence-electron chi connectivity index (χ0n) is 10.0. The molecule has 2 N–H and O–H groups in total. The van der Waals surface area contributed by atoms with Gasteiger partial charge in [-0.1, -0.05) is 0 Å². The van der Waals surface area contributed by atoms with Gasteiger partial charge in [0, 0.05) is 12.3 Å². The molecule has 0 unspecified atom stereocenters. The van der Waals surface area contributed by atoms with Gasteiger partial charge in [0.2, 0.25) is 5.91 Å². The minimum atomic E-state index is -1.04. The van der Waals surface area contributed by atoms with Crippen LogP contribution in [0.3, 0.4) is 0 Å². The van der Waals surface area contributed by atoms with Crippen molar-refractivity contribution in [1.29, 1.82) is 0 Å². The number of aliphatic carboxylic acids is 1. The van der Waals surface area contributed by atoms with Gasteiger partial charge >= 0.3 is 5.97 Å². The second-order valence-corrected chi connectivity index (χ2v) is 3.39. The highest BCUT2D eigenvalue weighted by molar-refractivity contribution is 5.91. The van der Waals surface area contributed by atoms with E-state index in [1.807, 2.05) is 6.92 Å². The Kier molecular flexibility index (Phi) is 5.66. The van der Waals surface area contributed by atoms with E-state index in [4.69, 9.17) is 14.6 Å². The standard InChI is InChI=1S/C12H15NO5/c1-2-17-7-11(14)13-9-3-5-10(6-4-9)18-8-12(15)16/h3-6H,2,7-8H2,1H3,(H,13,14)(H,15,16). The first-order valence-corrected chi connectivity index (χ1v) is 5.44. The van der Waals surface area contributed by atoms with Crippen molar-refractivity contribution in [1.82, 2.24) is 0 Å². The number of amides is 1. The number of hydrogen-bond acceptors (Lipinski definition) is 4. The highest BCUT2D eigenvalue weighted by Crippen LogP contribution is 2.15. The highest BCUT2D eigenvalue weighted by atomic mass is 16.5. The number of ether oxygens (including phenoxy) is 2. The summed E-state index contributed by atoms with van der Waals surface area (Å²) in [4.78, 5) is 21.6. The molecule has 98 valence electrons. The molecule has 0 saturated carbocycles. The number of carbonyl (C=O) groups is 2. The summed E-state index contributed by atoms with van der Waals surface area (Å²) in [5, 5.41) is 11.1. The quantitative estimate of drug-likeness (QED) is 0.760. The molecular formula is C12H15NO5. The maximum atomic E-state index is 11.3. The first kappa shape index (κ1) is 14.0. The van der Waals surface area contributed by atoms with Crippen molar-refractivity contribution in [3.63, 3.8) is 0 Å². The molecule has 0 aromatic heterocycles. The van der Waals surface area contributed by atoms with Gasteiger partial charge in [-0.25, -0.2) is 4.79 Å². The third-order valence-corrected chi connectivity index (χ3v) is 1.94. The zero-order chi connectivity index (χ0) is 13.4. The number of nitrogens with one attached hydrogen (secondary N) is 1. The predicted molar refractivity (Wildman–Crippen MR) is 64.7 cm³/mol. The van der Waals surface area contributed by atoms with Gasteiger partial charge in [-0.05, 0) is 31.2 Å². The van der Waals surface area contributed by atoms with Gasteiger partial charge in [0.25, 0.3) is 0 Å². The molecule has 0 saturated heterocycles. The molecule has 6 nitrogen and oxygen atoms in total. The fourth-order valence-electron chi connectivity index (χ4n) is 1.17. The van der Waals surface area contributed by atoms with Crippen LogP contribution >= 0.6 is 0 Å². The van der Waals surface area contributed by atoms with Crippen LogP contribution < -0.4 is 10.1 Å². The molecule has 0 aliphatic carbocycles. The molecule has 1 rings (SSSR count). The third-order valence-electron chi connectivity index (χ3n) is 1.94. The van der Waals surface area contributed by atoms with E-state index in [1.165, 1.54) is 0 Å². The summed E-state index contributed by atoms with van der Waals surface area (Å²) in [6.07, 6.45) is 0. The number of carbonyl (C=O) groups excluding carboxylic acids is 1. The summed E-state index contributed by atoms with van der Waals surface area (Å²) in [7, 11) is 0. The minimum Gasteiger partial charge on any atom is -0.482 e. The van der Waals surface area contributed by atoms with Crippen LogP contribution in [-0.2, 0) is 14.3 Å². The Balaban J connectivity index is 2.44. The average Bonchev–Trinajstić information content (AvgIpc) is 2.35.